The van der Waals surface area contributed by atoms with Crippen LogP contribution in [0, 0.1) is 0 Å². The molecule has 0 bridgehead atoms. The summed E-state index contributed by atoms with van der Waals surface area (Å²) in [6, 6.07) is 3.62. The number of anilines is 1. The van der Waals surface area contributed by atoms with Gasteiger partial charge >= 0.3 is 0 Å². The monoisotopic (exact) mass is 425 g/mol. The summed E-state index contributed by atoms with van der Waals surface area (Å²) in [6.07, 6.45) is -1.37. The zero-order valence-corrected chi connectivity index (χ0v) is 14.9. The number of halogens is 1. The van der Waals surface area contributed by atoms with Gasteiger partial charge in [0.25, 0.3) is 0 Å². The summed E-state index contributed by atoms with van der Waals surface area (Å²) in [5, 5.41) is 32.5. The molecule has 26 heavy (non-hydrogen) atoms. The van der Waals surface area contributed by atoms with Crippen molar-refractivity contribution in [2.75, 3.05) is 11.9 Å². The predicted molar refractivity (Wildman–Crippen MR) is 92.1 cm³/mol. The van der Waals surface area contributed by atoms with Gasteiger partial charge in [0.1, 0.15) is 30.4 Å². The average Bonchev–Trinajstić information content (AvgIpc) is 3.32. The van der Waals surface area contributed by atoms with E-state index in [4.69, 9.17) is 9.15 Å². The molecule has 4 atom stereocenters. The number of nitrogens with zero attached hydrogens (tertiary/aromatic N) is 4. The largest absolute Gasteiger partial charge is 0.452 e. The normalized spacial score (nSPS) is 25.8. The van der Waals surface area contributed by atoms with Gasteiger partial charge in [-0.15, -0.1) is 0 Å². The first-order valence-corrected chi connectivity index (χ1v) is 8.66. The highest BCUT2D eigenvalue weighted by molar-refractivity contribution is 9.10. The zero-order valence-electron chi connectivity index (χ0n) is 13.4. The molecule has 0 spiro atoms. The Labute approximate surface area is 155 Å². The molecule has 4 rings (SSSR count). The summed E-state index contributed by atoms with van der Waals surface area (Å²) >= 11 is 3.25. The van der Waals surface area contributed by atoms with Crippen molar-refractivity contribution in [3.05, 3.63) is 35.2 Å². The molecule has 0 aliphatic carbocycles. The summed E-state index contributed by atoms with van der Waals surface area (Å²) in [5.41, 5.74) is 0.911. The number of furan rings is 1. The van der Waals surface area contributed by atoms with Gasteiger partial charge in [-0.05, 0) is 28.1 Å². The first-order chi connectivity index (χ1) is 12.6. The number of imidazole rings is 1. The molecule has 0 saturated carbocycles. The van der Waals surface area contributed by atoms with Crippen LogP contribution in [0.2, 0.25) is 0 Å². The molecule has 1 aliphatic heterocycles. The third kappa shape index (κ3) is 2.97. The molecule has 0 aromatic carbocycles. The molecule has 0 amide bonds. The van der Waals surface area contributed by atoms with E-state index in [0.717, 1.165) is 0 Å². The number of nitrogens with one attached hydrogen (secondary N) is 1. The first kappa shape index (κ1) is 17.4. The molecule has 1 unspecified atom stereocenters. The fourth-order valence-corrected chi connectivity index (χ4v) is 3.24. The Balaban J connectivity index is 1.61. The van der Waals surface area contributed by atoms with Crippen molar-refractivity contribution >= 4 is 32.9 Å². The molecule has 1 fully saturated rings. The van der Waals surface area contributed by atoms with Gasteiger partial charge in [0.15, 0.2) is 27.9 Å². The molecule has 138 valence electrons. The summed E-state index contributed by atoms with van der Waals surface area (Å²) in [4.78, 5) is 12.7. The zero-order chi connectivity index (χ0) is 18.3. The molecule has 4 heterocycles. The number of hydrogen-bond acceptors (Lipinski definition) is 9. The standard InChI is InChI=1S/C15H16BrN5O5/c16-9-2-1-7(25-9)3-17-13-10-14(19-5-18-13)21(6-20-10)15-12(24)11(23)8(4-22)26-15/h1-2,5-6,8,11-12,15,22-24H,3-4H2,(H,17,18,19)/t8-,11-,12+,15?/m1/s1. The van der Waals surface area contributed by atoms with Gasteiger partial charge < -0.3 is 29.8 Å². The lowest BCUT2D eigenvalue weighted by atomic mass is 10.1. The van der Waals surface area contributed by atoms with Gasteiger partial charge in [-0.1, -0.05) is 0 Å². The minimum Gasteiger partial charge on any atom is -0.452 e. The van der Waals surface area contributed by atoms with Crippen molar-refractivity contribution in [2.45, 2.75) is 31.1 Å². The van der Waals surface area contributed by atoms with Crippen molar-refractivity contribution in [2.24, 2.45) is 0 Å². The quantitative estimate of drug-likeness (QED) is 0.457. The Bertz CT molecular complexity index is 915. The van der Waals surface area contributed by atoms with Crippen molar-refractivity contribution in [3.8, 4) is 0 Å². The summed E-state index contributed by atoms with van der Waals surface area (Å²) in [6.45, 7) is 0.000278. The SMILES string of the molecule is OC[C@H]1OC(n2cnc3c(NCc4ccc(Br)o4)ncnc32)[C@@H](O)[C@@H]1O. The highest BCUT2D eigenvalue weighted by Gasteiger charge is 2.44. The number of rotatable bonds is 5. The van der Waals surface area contributed by atoms with Crippen LogP contribution in [0.1, 0.15) is 12.0 Å². The maximum atomic E-state index is 10.2. The molecule has 3 aromatic heterocycles. The molecular weight excluding hydrogens is 410 g/mol. The second-order valence-electron chi connectivity index (χ2n) is 5.83. The topological polar surface area (TPSA) is 139 Å². The van der Waals surface area contributed by atoms with E-state index < -0.39 is 31.1 Å². The van der Waals surface area contributed by atoms with E-state index >= 15 is 0 Å². The maximum Gasteiger partial charge on any atom is 0.169 e. The lowest BCUT2D eigenvalue weighted by Crippen LogP contribution is -2.33. The van der Waals surface area contributed by atoms with Crippen LogP contribution in [-0.4, -0.2) is 59.8 Å². The van der Waals surface area contributed by atoms with E-state index in [0.29, 0.717) is 34.0 Å². The molecule has 1 aliphatic rings. The molecule has 10 nitrogen and oxygen atoms in total. The second kappa shape index (κ2) is 6.93. The Morgan fingerprint density at radius 1 is 1.19 bits per heavy atom. The molecule has 0 radical (unpaired) electrons. The van der Waals surface area contributed by atoms with E-state index in [1.807, 2.05) is 6.07 Å². The Hall–Kier alpha value is -2.05. The number of aliphatic hydroxyl groups excluding tert-OH is 3. The minimum absolute atomic E-state index is 0.401. The average molecular weight is 426 g/mol. The molecule has 1 saturated heterocycles. The third-order valence-corrected chi connectivity index (χ3v) is 4.64. The van der Waals surface area contributed by atoms with Gasteiger partial charge in [0.2, 0.25) is 0 Å². The lowest BCUT2D eigenvalue weighted by molar-refractivity contribution is -0.0511. The molecule has 11 heteroatoms. The van der Waals surface area contributed by atoms with Crippen LogP contribution in [0.4, 0.5) is 5.82 Å². The van der Waals surface area contributed by atoms with Crippen molar-refractivity contribution in [3.63, 3.8) is 0 Å². The van der Waals surface area contributed by atoms with E-state index in [-0.39, 0.29) is 0 Å². The van der Waals surface area contributed by atoms with Crippen LogP contribution in [0.3, 0.4) is 0 Å². The molecule has 4 N–H and O–H groups in total. The van der Waals surface area contributed by atoms with Crippen molar-refractivity contribution < 1.29 is 24.5 Å². The first-order valence-electron chi connectivity index (χ1n) is 7.86. The number of aliphatic hydroxyl groups is 3. The van der Waals surface area contributed by atoms with Gasteiger partial charge in [-0.25, -0.2) is 15.0 Å². The summed E-state index contributed by atoms with van der Waals surface area (Å²) in [7, 11) is 0. The highest BCUT2D eigenvalue weighted by atomic mass is 79.9. The van der Waals surface area contributed by atoms with Crippen LogP contribution in [-0.2, 0) is 11.3 Å². The van der Waals surface area contributed by atoms with Gasteiger partial charge in [0.05, 0.1) is 19.5 Å². The van der Waals surface area contributed by atoms with Crippen LogP contribution < -0.4 is 5.32 Å². The number of ether oxygens (including phenoxy) is 1. The molecule has 3 aromatic rings. The minimum atomic E-state index is -1.21. The number of hydrogen-bond donors (Lipinski definition) is 4. The maximum absolute atomic E-state index is 10.2. The Kier molecular flexibility index (Phi) is 4.63. The highest BCUT2D eigenvalue weighted by Crippen LogP contribution is 2.32. The van der Waals surface area contributed by atoms with Crippen LogP contribution in [0.25, 0.3) is 11.2 Å². The van der Waals surface area contributed by atoms with Gasteiger partial charge in [-0.3, -0.25) is 4.57 Å². The predicted octanol–water partition coefficient (Wildman–Crippen LogP) is 0.405. The Morgan fingerprint density at radius 2 is 2.04 bits per heavy atom. The fraction of sp³-hybridized carbons (Fsp3) is 0.400. The third-order valence-electron chi connectivity index (χ3n) is 4.21. The second-order valence-corrected chi connectivity index (χ2v) is 6.62. The van der Waals surface area contributed by atoms with Crippen molar-refractivity contribution in [1.82, 2.24) is 19.5 Å². The number of fused-ring (bicyclic) bond motifs is 1. The van der Waals surface area contributed by atoms with Crippen LogP contribution >= 0.6 is 15.9 Å². The molecular formula is C15H16BrN5O5. The van der Waals surface area contributed by atoms with E-state index in [1.165, 1.54) is 17.2 Å². The summed E-state index contributed by atoms with van der Waals surface area (Å²) < 4.78 is 13.1. The van der Waals surface area contributed by atoms with Gasteiger partial charge in [0, 0.05) is 0 Å². The Morgan fingerprint density at radius 3 is 2.73 bits per heavy atom. The van der Waals surface area contributed by atoms with Crippen LogP contribution in [0.15, 0.2) is 33.9 Å². The van der Waals surface area contributed by atoms with Crippen molar-refractivity contribution in [1.29, 1.82) is 0 Å². The van der Waals surface area contributed by atoms with Crippen LogP contribution in [0.5, 0.6) is 0 Å². The smallest absolute Gasteiger partial charge is 0.169 e. The lowest BCUT2D eigenvalue weighted by Gasteiger charge is -2.16. The van der Waals surface area contributed by atoms with Gasteiger partial charge in [-0.2, -0.15) is 0 Å². The van der Waals surface area contributed by atoms with E-state index in [2.05, 4.69) is 36.2 Å². The van der Waals surface area contributed by atoms with E-state index in [1.54, 1.807) is 6.07 Å². The summed E-state index contributed by atoms with van der Waals surface area (Å²) in [5.74, 6) is 1.21. The fourth-order valence-electron chi connectivity index (χ4n) is 2.89. The van der Waals surface area contributed by atoms with E-state index in [9.17, 15) is 15.3 Å². The number of aromatic nitrogens is 4.